The van der Waals surface area contributed by atoms with Crippen LogP contribution < -0.4 is 10.6 Å². The van der Waals surface area contributed by atoms with Crippen molar-refractivity contribution in [3.8, 4) is 0 Å². The molecule has 0 spiro atoms. The third-order valence-electron chi connectivity index (χ3n) is 2.58. The van der Waals surface area contributed by atoms with E-state index in [9.17, 15) is 18.0 Å². The molecule has 0 atom stereocenters. The zero-order valence-electron chi connectivity index (χ0n) is 11.2. The minimum absolute atomic E-state index is 0.0642. The number of carbonyl (C=O) groups excluding carboxylic acids is 1. The Morgan fingerprint density at radius 3 is 2.73 bits per heavy atom. The van der Waals surface area contributed by atoms with E-state index in [1.165, 1.54) is 12.3 Å². The number of nitrogens with zero attached hydrogens (tertiary/aromatic N) is 2. The van der Waals surface area contributed by atoms with Gasteiger partial charge in [-0.25, -0.2) is 23.1 Å². The van der Waals surface area contributed by atoms with Gasteiger partial charge in [-0.15, -0.1) is 6.58 Å². The first-order chi connectivity index (χ1) is 10.5. The first kappa shape index (κ1) is 15.5. The van der Waals surface area contributed by atoms with Gasteiger partial charge in [0.2, 0.25) is 5.95 Å². The van der Waals surface area contributed by atoms with Crippen LogP contribution in [-0.4, -0.2) is 22.4 Å². The van der Waals surface area contributed by atoms with Crippen molar-refractivity contribution < 1.29 is 18.0 Å². The van der Waals surface area contributed by atoms with Gasteiger partial charge in [0.15, 0.2) is 17.5 Å². The maximum atomic E-state index is 13.5. The molecule has 1 heterocycles. The molecule has 8 heteroatoms. The normalized spacial score (nSPS) is 10.1. The Morgan fingerprint density at radius 1 is 1.23 bits per heavy atom. The summed E-state index contributed by atoms with van der Waals surface area (Å²) in [5, 5.41) is 4.90. The second-order valence-corrected chi connectivity index (χ2v) is 4.11. The van der Waals surface area contributed by atoms with E-state index in [0.29, 0.717) is 12.6 Å². The average Bonchev–Trinajstić information content (AvgIpc) is 2.53. The van der Waals surface area contributed by atoms with Crippen molar-refractivity contribution in [3.63, 3.8) is 0 Å². The molecule has 0 unspecified atom stereocenters. The summed E-state index contributed by atoms with van der Waals surface area (Å²) in [6.45, 7) is 3.90. The third kappa shape index (κ3) is 3.40. The fourth-order valence-corrected chi connectivity index (χ4v) is 1.54. The Balaban J connectivity index is 2.19. The number of amides is 1. The smallest absolute Gasteiger partial charge is 0.274 e. The molecule has 0 fully saturated rings. The number of anilines is 2. The van der Waals surface area contributed by atoms with Crippen molar-refractivity contribution in [1.29, 1.82) is 0 Å². The minimum atomic E-state index is -1.66. The van der Waals surface area contributed by atoms with Crippen molar-refractivity contribution in [2.24, 2.45) is 0 Å². The summed E-state index contributed by atoms with van der Waals surface area (Å²) < 4.78 is 39.4. The third-order valence-corrected chi connectivity index (χ3v) is 2.58. The molecule has 0 aliphatic carbocycles. The van der Waals surface area contributed by atoms with E-state index in [4.69, 9.17) is 0 Å². The Labute approximate surface area is 123 Å². The van der Waals surface area contributed by atoms with Crippen LogP contribution in [0.3, 0.4) is 0 Å². The monoisotopic (exact) mass is 308 g/mol. The molecule has 5 nitrogen and oxygen atoms in total. The summed E-state index contributed by atoms with van der Waals surface area (Å²) in [4.78, 5) is 19.7. The summed E-state index contributed by atoms with van der Waals surface area (Å²) in [7, 11) is 0. The van der Waals surface area contributed by atoms with Crippen molar-refractivity contribution >= 4 is 17.5 Å². The second kappa shape index (κ2) is 6.70. The van der Waals surface area contributed by atoms with Crippen LogP contribution in [0.15, 0.2) is 37.1 Å². The summed E-state index contributed by atoms with van der Waals surface area (Å²) in [6, 6.07) is 2.93. The predicted octanol–water partition coefficient (Wildman–Crippen LogP) is 2.74. The van der Waals surface area contributed by atoms with Crippen molar-refractivity contribution in [3.05, 3.63) is 60.2 Å². The molecule has 0 saturated carbocycles. The Morgan fingerprint density at radius 2 is 2.00 bits per heavy atom. The molecule has 0 saturated heterocycles. The van der Waals surface area contributed by atoms with Crippen LogP contribution in [0.2, 0.25) is 0 Å². The van der Waals surface area contributed by atoms with Crippen LogP contribution in [0.5, 0.6) is 0 Å². The molecule has 1 amide bonds. The predicted molar refractivity (Wildman–Crippen MR) is 75.0 cm³/mol. The van der Waals surface area contributed by atoms with Gasteiger partial charge in [0.05, 0.1) is 5.69 Å². The highest BCUT2D eigenvalue weighted by Crippen LogP contribution is 2.20. The molecule has 114 valence electrons. The lowest BCUT2D eigenvalue weighted by Gasteiger charge is -2.08. The lowest BCUT2D eigenvalue weighted by Crippen LogP contribution is -2.16. The SMILES string of the molecule is C=CCNc1nccc(C(=O)Nc2ccc(F)c(F)c2F)n1. The Hall–Kier alpha value is -2.90. The van der Waals surface area contributed by atoms with Crippen LogP contribution in [0.4, 0.5) is 24.8 Å². The van der Waals surface area contributed by atoms with E-state index in [1.54, 1.807) is 6.08 Å². The van der Waals surface area contributed by atoms with Crippen molar-refractivity contribution in [2.45, 2.75) is 0 Å². The molecule has 0 aliphatic heterocycles. The van der Waals surface area contributed by atoms with E-state index in [1.807, 2.05) is 0 Å². The number of carbonyl (C=O) groups is 1. The zero-order valence-corrected chi connectivity index (χ0v) is 11.2. The molecule has 22 heavy (non-hydrogen) atoms. The summed E-state index contributed by atoms with van der Waals surface area (Å²) in [5.41, 5.74) is -0.547. The largest absolute Gasteiger partial charge is 0.351 e. The summed E-state index contributed by atoms with van der Waals surface area (Å²) in [5.74, 6) is -5.08. The molecule has 0 radical (unpaired) electrons. The van der Waals surface area contributed by atoms with Gasteiger partial charge in [-0.05, 0) is 18.2 Å². The standard InChI is InChI=1S/C14H11F3N4O/c1-2-6-18-14-19-7-5-10(21-14)13(22)20-9-4-3-8(15)11(16)12(9)17/h2-5,7H,1,6H2,(H,20,22)(H,18,19,21). The van der Waals surface area contributed by atoms with Gasteiger partial charge >= 0.3 is 0 Å². The first-order valence-corrected chi connectivity index (χ1v) is 6.15. The molecule has 1 aromatic heterocycles. The van der Waals surface area contributed by atoms with Gasteiger partial charge < -0.3 is 10.6 Å². The van der Waals surface area contributed by atoms with E-state index in [2.05, 4.69) is 27.2 Å². The molecule has 0 aliphatic rings. The van der Waals surface area contributed by atoms with E-state index < -0.39 is 29.0 Å². The molecule has 0 bridgehead atoms. The fraction of sp³-hybridized carbons (Fsp3) is 0.0714. The first-order valence-electron chi connectivity index (χ1n) is 6.15. The van der Waals surface area contributed by atoms with Crippen LogP contribution in [0.25, 0.3) is 0 Å². The summed E-state index contributed by atoms with van der Waals surface area (Å²) in [6.07, 6.45) is 2.90. The lowest BCUT2D eigenvalue weighted by molar-refractivity contribution is 0.102. The van der Waals surface area contributed by atoms with Crippen LogP contribution in [-0.2, 0) is 0 Å². The van der Waals surface area contributed by atoms with E-state index >= 15 is 0 Å². The van der Waals surface area contributed by atoms with Gasteiger partial charge in [0.1, 0.15) is 5.69 Å². The molecule has 2 aromatic rings. The van der Waals surface area contributed by atoms with Crippen molar-refractivity contribution in [1.82, 2.24) is 9.97 Å². The maximum Gasteiger partial charge on any atom is 0.274 e. The molecular formula is C14H11F3N4O. The van der Waals surface area contributed by atoms with Gasteiger partial charge in [0.25, 0.3) is 5.91 Å². The van der Waals surface area contributed by atoms with Gasteiger partial charge in [-0.3, -0.25) is 4.79 Å². The number of hydrogen-bond acceptors (Lipinski definition) is 4. The number of halogens is 3. The molecule has 2 rings (SSSR count). The van der Waals surface area contributed by atoms with Crippen molar-refractivity contribution in [2.75, 3.05) is 17.2 Å². The van der Waals surface area contributed by atoms with Crippen LogP contribution in [0, 0.1) is 17.5 Å². The molecular weight excluding hydrogens is 297 g/mol. The van der Waals surface area contributed by atoms with Crippen LogP contribution in [0.1, 0.15) is 10.5 Å². The topological polar surface area (TPSA) is 66.9 Å². The maximum absolute atomic E-state index is 13.5. The number of benzene rings is 1. The van der Waals surface area contributed by atoms with Gasteiger partial charge in [-0.1, -0.05) is 6.08 Å². The number of rotatable bonds is 5. The highest BCUT2D eigenvalue weighted by Gasteiger charge is 2.16. The summed E-state index contributed by atoms with van der Waals surface area (Å²) >= 11 is 0. The van der Waals surface area contributed by atoms with Gasteiger partial charge in [0, 0.05) is 12.7 Å². The molecule has 1 aromatic carbocycles. The number of aromatic nitrogens is 2. The number of nitrogens with one attached hydrogen (secondary N) is 2. The average molecular weight is 308 g/mol. The Kier molecular flexibility index (Phi) is 4.72. The highest BCUT2D eigenvalue weighted by molar-refractivity contribution is 6.03. The minimum Gasteiger partial charge on any atom is -0.351 e. The zero-order chi connectivity index (χ0) is 16.1. The van der Waals surface area contributed by atoms with E-state index in [0.717, 1.165) is 6.07 Å². The van der Waals surface area contributed by atoms with Crippen LogP contribution >= 0.6 is 0 Å². The fourth-order valence-electron chi connectivity index (χ4n) is 1.54. The van der Waals surface area contributed by atoms with E-state index in [-0.39, 0.29) is 11.6 Å². The lowest BCUT2D eigenvalue weighted by atomic mass is 10.2. The highest BCUT2D eigenvalue weighted by atomic mass is 19.2. The quantitative estimate of drug-likeness (QED) is 0.658. The molecule has 2 N–H and O–H groups in total. The Bertz CT molecular complexity index is 721. The second-order valence-electron chi connectivity index (χ2n) is 4.11. The number of hydrogen-bond donors (Lipinski definition) is 2. The van der Waals surface area contributed by atoms with Gasteiger partial charge in [-0.2, -0.15) is 0 Å².